The Kier molecular flexibility index (Phi) is 5.61. The maximum atomic E-state index is 12.9. The maximum absolute atomic E-state index is 12.9. The first-order valence-corrected chi connectivity index (χ1v) is 8.96. The van der Waals surface area contributed by atoms with Crippen LogP contribution in [0.25, 0.3) is 0 Å². The first-order valence-electron chi connectivity index (χ1n) is 7.51. The maximum Gasteiger partial charge on any atom is 0.416 e. The molecular formula is C17H12ClF3IN5. The highest BCUT2D eigenvalue weighted by Crippen LogP contribution is 2.36. The Bertz CT molecular complexity index is 964. The summed E-state index contributed by atoms with van der Waals surface area (Å²) in [7, 11) is 0. The molecule has 3 rings (SSSR count). The fraction of sp³-hybridized carbons (Fsp3) is 0.0588. The van der Waals surface area contributed by atoms with Gasteiger partial charge in [0.2, 0.25) is 0 Å². The van der Waals surface area contributed by atoms with Gasteiger partial charge in [0.05, 0.1) is 16.3 Å². The van der Waals surface area contributed by atoms with Crippen molar-refractivity contribution in [1.82, 2.24) is 9.97 Å². The molecule has 0 spiro atoms. The first kappa shape index (κ1) is 19.5. The summed E-state index contributed by atoms with van der Waals surface area (Å²) in [6, 6.07) is 10.5. The Balaban J connectivity index is 1.89. The molecule has 0 radical (unpaired) electrons. The average molecular weight is 506 g/mol. The number of nitrogens with two attached hydrogens (primary N) is 1. The van der Waals surface area contributed by atoms with Gasteiger partial charge in [-0.15, -0.1) is 0 Å². The van der Waals surface area contributed by atoms with Crippen molar-refractivity contribution in [2.75, 3.05) is 16.4 Å². The Morgan fingerprint density at radius 2 is 1.59 bits per heavy atom. The molecule has 1 heterocycles. The molecule has 0 bridgehead atoms. The molecule has 2 aromatic carbocycles. The number of anilines is 5. The second kappa shape index (κ2) is 7.77. The molecule has 0 saturated carbocycles. The predicted octanol–water partition coefficient (Wildman–Crippen LogP) is 5.82. The van der Waals surface area contributed by atoms with Crippen LogP contribution in [-0.4, -0.2) is 9.97 Å². The summed E-state index contributed by atoms with van der Waals surface area (Å²) >= 11 is 8.18. The quantitative estimate of drug-likeness (QED) is 0.390. The number of halogens is 5. The van der Waals surface area contributed by atoms with Crippen LogP contribution >= 0.6 is 34.2 Å². The smallest absolute Gasteiger partial charge is 0.393 e. The lowest BCUT2D eigenvalue weighted by atomic mass is 10.2. The van der Waals surface area contributed by atoms with E-state index in [1.165, 1.54) is 6.33 Å². The number of hydrogen-bond acceptors (Lipinski definition) is 5. The number of nitrogen functional groups attached to an aromatic ring is 1. The van der Waals surface area contributed by atoms with E-state index in [-0.39, 0.29) is 22.2 Å². The lowest BCUT2D eigenvalue weighted by Crippen LogP contribution is -2.08. The topological polar surface area (TPSA) is 75.9 Å². The minimum atomic E-state index is -4.49. The van der Waals surface area contributed by atoms with Crippen molar-refractivity contribution in [2.24, 2.45) is 0 Å². The molecular weight excluding hydrogens is 494 g/mol. The number of benzene rings is 2. The lowest BCUT2D eigenvalue weighted by molar-refractivity contribution is -0.137. The predicted molar refractivity (Wildman–Crippen MR) is 109 cm³/mol. The van der Waals surface area contributed by atoms with Gasteiger partial charge in [-0.3, -0.25) is 0 Å². The molecule has 5 nitrogen and oxygen atoms in total. The van der Waals surface area contributed by atoms with Crippen LogP contribution in [0.4, 0.5) is 41.9 Å². The number of alkyl halides is 3. The van der Waals surface area contributed by atoms with Gasteiger partial charge in [0, 0.05) is 9.26 Å². The van der Waals surface area contributed by atoms with Crippen LogP contribution < -0.4 is 16.4 Å². The van der Waals surface area contributed by atoms with Crippen LogP contribution in [0.5, 0.6) is 0 Å². The number of rotatable bonds is 4. The van der Waals surface area contributed by atoms with Crippen molar-refractivity contribution in [3.8, 4) is 0 Å². The van der Waals surface area contributed by atoms with Crippen molar-refractivity contribution in [3.05, 3.63) is 62.9 Å². The van der Waals surface area contributed by atoms with E-state index in [4.69, 9.17) is 17.3 Å². The highest BCUT2D eigenvalue weighted by Gasteiger charge is 2.31. The summed E-state index contributed by atoms with van der Waals surface area (Å²) in [5, 5.41) is 5.89. The second-order valence-corrected chi connectivity index (χ2v) is 7.09. The molecule has 0 aliphatic rings. The zero-order chi connectivity index (χ0) is 19.6. The number of nitrogens with zero attached hydrogens (tertiary/aromatic N) is 2. The summed E-state index contributed by atoms with van der Waals surface area (Å²) in [6.45, 7) is 0. The van der Waals surface area contributed by atoms with Gasteiger partial charge < -0.3 is 16.4 Å². The highest BCUT2D eigenvalue weighted by atomic mass is 127. The molecule has 3 aromatic rings. The van der Waals surface area contributed by atoms with Gasteiger partial charge in [-0.2, -0.15) is 13.2 Å². The van der Waals surface area contributed by atoms with Crippen molar-refractivity contribution in [3.63, 3.8) is 0 Å². The fourth-order valence-electron chi connectivity index (χ4n) is 2.19. The van der Waals surface area contributed by atoms with Gasteiger partial charge >= 0.3 is 6.18 Å². The standard InChI is InChI=1S/C17H12ClF3IN5/c18-12-6-1-9(17(19,20)21)7-13(12)27-16-14(23)15(24-8-25-16)26-11-4-2-10(22)3-5-11/h1-8H,23H2,(H2,24,25,26,27). The molecule has 0 unspecified atom stereocenters. The third-order valence-corrected chi connectivity index (χ3v) is 4.59. The highest BCUT2D eigenvalue weighted by molar-refractivity contribution is 14.1. The zero-order valence-electron chi connectivity index (χ0n) is 13.5. The molecule has 0 fully saturated rings. The molecule has 4 N–H and O–H groups in total. The molecule has 0 aliphatic carbocycles. The van der Waals surface area contributed by atoms with Gasteiger partial charge in [0.15, 0.2) is 11.6 Å². The molecule has 10 heteroatoms. The largest absolute Gasteiger partial charge is 0.416 e. The van der Waals surface area contributed by atoms with Gasteiger partial charge in [-0.25, -0.2) is 9.97 Å². The fourth-order valence-corrected chi connectivity index (χ4v) is 2.71. The lowest BCUT2D eigenvalue weighted by Gasteiger charge is -2.15. The summed E-state index contributed by atoms with van der Waals surface area (Å²) in [5.41, 5.74) is 6.17. The van der Waals surface area contributed by atoms with Crippen LogP contribution in [0, 0.1) is 3.57 Å². The van der Waals surface area contributed by atoms with Crippen LogP contribution in [-0.2, 0) is 6.18 Å². The number of nitrogens with one attached hydrogen (secondary N) is 2. The summed E-state index contributed by atoms with van der Waals surface area (Å²) in [5.74, 6) is 0.455. The second-order valence-electron chi connectivity index (χ2n) is 5.43. The Labute approximate surface area is 171 Å². The minimum absolute atomic E-state index is 0.0390. The molecule has 27 heavy (non-hydrogen) atoms. The van der Waals surface area contributed by atoms with Crippen LogP contribution in [0.3, 0.4) is 0 Å². The van der Waals surface area contributed by atoms with E-state index in [1.54, 1.807) is 0 Å². The Hall–Kier alpha value is -2.27. The van der Waals surface area contributed by atoms with Crippen molar-refractivity contribution >= 4 is 62.9 Å². The molecule has 1 aromatic heterocycles. The van der Waals surface area contributed by atoms with E-state index in [2.05, 4.69) is 43.2 Å². The first-order chi connectivity index (χ1) is 12.7. The Morgan fingerprint density at radius 3 is 2.22 bits per heavy atom. The van der Waals surface area contributed by atoms with E-state index in [9.17, 15) is 13.2 Å². The molecule has 0 atom stereocenters. The third kappa shape index (κ3) is 4.72. The summed E-state index contributed by atoms with van der Waals surface area (Å²) < 4.78 is 39.8. The van der Waals surface area contributed by atoms with Gasteiger partial charge in [0.1, 0.15) is 12.0 Å². The van der Waals surface area contributed by atoms with E-state index in [0.29, 0.717) is 5.82 Å². The molecule has 0 aliphatic heterocycles. The molecule has 0 saturated heterocycles. The Morgan fingerprint density at radius 1 is 0.963 bits per heavy atom. The van der Waals surface area contributed by atoms with Crippen LogP contribution in [0.1, 0.15) is 5.56 Å². The summed E-state index contributed by atoms with van der Waals surface area (Å²) in [6.07, 6.45) is -3.25. The van der Waals surface area contributed by atoms with Crippen molar-refractivity contribution in [1.29, 1.82) is 0 Å². The van der Waals surface area contributed by atoms with Crippen molar-refractivity contribution in [2.45, 2.75) is 6.18 Å². The van der Waals surface area contributed by atoms with Crippen LogP contribution in [0.15, 0.2) is 48.8 Å². The molecule has 140 valence electrons. The van der Waals surface area contributed by atoms with Gasteiger partial charge in [0.25, 0.3) is 0 Å². The SMILES string of the molecule is Nc1c(Nc2ccc(I)cc2)ncnc1Nc1cc(C(F)(F)F)ccc1Cl. The van der Waals surface area contributed by atoms with Gasteiger partial charge in [-0.1, -0.05) is 11.6 Å². The molecule has 0 amide bonds. The zero-order valence-corrected chi connectivity index (χ0v) is 16.4. The average Bonchev–Trinajstić information content (AvgIpc) is 2.61. The third-order valence-electron chi connectivity index (χ3n) is 3.54. The summed E-state index contributed by atoms with van der Waals surface area (Å²) in [4.78, 5) is 8.07. The normalized spacial score (nSPS) is 11.3. The van der Waals surface area contributed by atoms with Gasteiger partial charge in [-0.05, 0) is 65.1 Å². The number of hydrogen-bond donors (Lipinski definition) is 3. The van der Waals surface area contributed by atoms with E-state index in [0.717, 1.165) is 27.5 Å². The van der Waals surface area contributed by atoms with E-state index >= 15 is 0 Å². The minimum Gasteiger partial charge on any atom is -0.393 e. The van der Waals surface area contributed by atoms with Crippen molar-refractivity contribution < 1.29 is 13.2 Å². The van der Waals surface area contributed by atoms with E-state index in [1.807, 2.05) is 24.3 Å². The van der Waals surface area contributed by atoms with E-state index < -0.39 is 11.7 Å². The monoisotopic (exact) mass is 505 g/mol. The van der Waals surface area contributed by atoms with Crippen LogP contribution in [0.2, 0.25) is 5.02 Å². The number of aromatic nitrogens is 2.